The maximum atomic E-state index is 6.60. The van der Waals surface area contributed by atoms with Crippen molar-refractivity contribution < 1.29 is 4.42 Å². The van der Waals surface area contributed by atoms with Crippen molar-refractivity contribution in [2.24, 2.45) is 0 Å². The highest BCUT2D eigenvalue weighted by atomic mass is 16.3. The largest absolute Gasteiger partial charge is 0.454 e. The van der Waals surface area contributed by atoms with Crippen molar-refractivity contribution in [3.05, 3.63) is 200 Å². The van der Waals surface area contributed by atoms with Gasteiger partial charge >= 0.3 is 0 Å². The SMILES string of the molecule is C1=CCC(n2c3ccccc3c3cc(-c4ccc5cc(N(c6ccc(-c7ccccc7)cc6)c6cccc7c6oc6ccccc67)ccc5c4)ccc32)C=C1. The molecule has 1 unspecified atom stereocenters. The van der Waals surface area contributed by atoms with Gasteiger partial charge in [-0.25, -0.2) is 0 Å². The van der Waals surface area contributed by atoms with Crippen molar-refractivity contribution in [3.8, 4) is 22.3 Å². The molecule has 2 heterocycles. The van der Waals surface area contributed by atoms with E-state index in [1.165, 1.54) is 54.8 Å². The van der Waals surface area contributed by atoms with Crippen LogP contribution in [0, 0.1) is 0 Å². The molecule has 0 saturated heterocycles. The molecular weight excluding hydrogens is 669 g/mol. The van der Waals surface area contributed by atoms with Gasteiger partial charge < -0.3 is 13.9 Å². The van der Waals surface area contributed by atoms with E-state index in [0.29, 0.717) is 6.04 Å². The fraction of sp³-hybridized carbons (Fsp3) is 0.0385. The quantitative estimate of drug-likeness (QED) is 0.172. The van der Waals surface area contributed by atoms with Crippen LogP contribution in [0.25, 0.3) is 76.8 Å². The normalized spacial score (nSPS) is 14.1. The number of benzene rings is 8. The maximum absolute atomic E-state index is 6.60. The molecule has 1 aliphatic carbocycles. The zero-order chi connectivity index (χ0) is 36.3. The lowest BCUT2D eigenvalue weighted by atomic mass is 9.99. The Balaban J connectivity index is 1.02. The first-order chi connectivity index (χ1) is 27.3. The number of hydrogen-bond donors (Lipinski definition) is 0. The minimum Gasteiger partial charge on any atom is -0.454 e. The third-order valence-corrected chi connectivity index (χ3v) is 11.3. The summed E-state index contributed by atoms with van der Waals surface area (Å²) < 4.78 is 9.10. The van der Waals surface area contributed by atoms with Crippen LogP contribution in [0.15, 0.2) is 205 Å². The van der Waals surface area contributed by atoms with Crippen LogP contribution in [-0.4, -0.2) is 4.57 Å². The van der Waals surface area contributed by atoms with E-state index in [2.05, 4.69) is 198 Å². The third kappa shape index (κ3) is 5.27. The van der Waals surface area contributed by atoms with Crippen LogP contribution in [0.3, 0.4) is 0 Å². The van der Waals surface area contributed by atoms with Crippen molar-refractivity contribution >= 4 is 71.6 Å². The number of rotatable bonds is 6. The lowest BCUT2D eigenvalue weighted by Crippen LogP contribution is -2.10. The van der Waals surface area contributed by atoms with Gasteiger partial charge in [0.25, 0.3) is 0 Å². The number of hydrogen-bond acceptors (Lipinski definition) is 2. The molecule has 1 atom stereocenters. The summed E-state index contributed by atoms with van der Waals surface area (Å²) in [6.45, 7) is 0. The van der Waals surface area contributed by atoms with Gasteiger partial charge in [-0.1, -0.05) is 140 Å². The predicted octanol–water partition coefficient (Wildman–Crippen LogP) is 14.7. The second kappa shape index (κ2) is 12.8. The van der Waals surface area contributed by atoms with Gasteiger partial charge in [0.2, 0.25) is 0 Å². The maximum Gasteiger partial charge on any atom is 0.159 e. The fourth-order valence-corrected chi connectivity index (χ4v) is 8.62. The molecule has 1 aliphatic rings. The van der Waals surface area contributed by atoms with Crippen LogP contribution in [0.2, 0.25) is 0 Å². The Labute approximate surface area is 319 Å². The summed E-state index contributed by atoms with van der Waals surface area (Å²) in [6, 6.07) is 63.9. The summed E-state index contributed by atoms with van der Waals surface area (Å²) in [5.41, 5.74) is 12.3. The van der Waals surface area contributed by atoms with Gasteiger partial charge in [-0.05, 0) is 100 Å². The summed E-state index contributed by atoms with van der Waals surface area (Å²) in [6.07, 6.45) is 9.90. The zero-order valence-corrected chi connectivity index (χ0v) is 30.1. The summed E-state index contributed by atoms with van der Waals surface area (Å²) in [5.74, 6) is 0. The Morgan fingerprint density at radius 2 is 1.15 bits per heavy atom. The molecule has 0 aliphatic heterocycles. The Kier molecular flexibility index (Phi) is 7.31. The highest BCUT2D eigenvalue weighted by Crippen LogP contribution is 2.44. The highest BCUT2D eigenvalue weighted by molar-refractivity contribution is 6.11. The number of furan rings is 1. The van der Waals surface area contributed by atoms with Gasteiger partial charge in [0.1, 0.15) is 5.58 Å². The molecule has 10 aromatic rings. The molecule has 260 valence electrons. The van der Waals surface area contributed by atoms with Crippen LogP contribution in [0.5, 0.6) is 0 Å². The van der Waals surface area contributed by atoms with Crippen molar-refractivity contribution in [1.82, 2.24) is 4.57 Å². The van der Waals surface area contributed by atoms with Gasteiger partial charge in [0.05, 0.1) is 11.7 Å². The smallest absolute Gasteiger partial charge is 0.159 e. The molecule has 0 radical (unpaired) electrons. The monoisotopic (exact) mass is 704 g/mol. The number of anilines is 3. The first-order valence-electron chi connectivity index (χ1n) is 19.0. The molecular formula is C52H36N2O. The van der Waals surface area contributed by atoms with Crippen molar-refractivity contribution in [2.75, 3.05) is 4.90 Å². The minimum absolute atomic E-state index is 0.313. The minimum atomic E-state index is 0.313. The van der Waals surface area contributed by atoms with Crippen LogP contribution in [0.4, 0.5) is 17.1 Å². The van der Waals surface area contributed by atoms with Gasteiger partial charge in [-0.3, -0.25) is 0 Å². The van der Waals surface area contributed by atoms with Crippen LogP contribution in [0.1, 0.15) is 12.5 Å². The van der Waals surface area contributed by atoms with Crippen molar-refractivity contribution in [1.29, 1.82) is 0 Å². The highest BCUT2D eigenvalue weighted by Gasteiger charge is 2.21. The number of nitrogens with zero attached hydrogens (tertiary/aromatic N) is 2. The molecule has 0 spiro atoms. The summed E-state index contributed by atoms with van der Waals surface area (Å²) in [4.78, 5) is 2.33. The molecule has 11 rings (SSSR count). The van der Waals surface area contributed by atoms with E-state index in [0.717, 1.165) is 45.4 Å². The van der Waals surface area contributed by atoms with Crippen molar-refractivity contribution in [3.63, 3.8) is 0 Å². The van der Waals surface area contributed by atoms with E-state index < -0.39 is 0 Å². The molecule has 3 heteroatoms. The van der Waals surface area contributed by atoms with E-state index in [9.17, 15) is 0 Å². The second-order valence-corrected chi connectivity index (χ2v) is 14.5. The molecule has 0 N–H and O–H groups in total. The number of aromatic nitrogens is 1. The molecule has 2 aromatic heterocycles. The topological polar surface area (TPSA) is 21.3 Å². The first-order valence-corrected chi connectivity index (χ1v) is 19.0. The molecule has 0 fully saturated rings. The second-order valence-electron chi connectivity index (χ2n) is 14.5. The lowest BCUT2D eigenvalue weighted by Gasteiger charge is -2.26. The van der Waals surface area contributed by atoms with Crippen LogP contribution < -0.4 is 4.90 Å². The molecule has 55 heavy (non-hydrogen) atoms. The molecule has 3 nitrogen and oxygen atoms in total. The number of para-hydroxylation sites is 3. The number of allylic oxidation sites excluding steroid dienone is 4. The summed E-state index contributed by atoms with van der Waals surface area (Å²) >= 11 is 0. The Hall–Kier alpha value is -7.10. The number of fused-ring (bicyclic) bond motifs is 7. The van der Waals surface area contributed by atoms with Crippen molar-refractivity contribution in [2.45, 2.75) is 12.5 Å². The molecule has 0 amide bonds. The first kappa shape index (κ1) is 31.4. The predicted molar refractivity (Wildman–Crippen MR) is 232 cm³/mol. The van der Waals surface area contributed by atoms with Gasteiger partial charge in [0, 0.05) is 44.0 Å². The third-order valence-electron chi connectivity index (χ3n) is 11.3. The summed E-state index contributed by atoms with van der Waals surface area (Å²) in [5, 5.41) is 7.19. The van der Waals surface area contributed by atoms with Gasteiger partial charge in [0.15, 0.2) is 5.58 Å². The van der Waals surface area contributed by atoms with E-state index in [-0.39, 0.29) is 0 Å². The van der Waals surface area contributed by atoms with Crippen LogP contribution in [-0.2, 0) is 0 Å². The summed E-state index contributed by atoms with van der Waals surface area (Å²) in [7, 11) is 0. The average molecular weight is 705 g/mol. The Morgan fingerprint density at radius 3 is 2.02 bits per heavy atom. The lowest BCUT2D eigenvalue weighted by molar-refractivity contribution is 0.648. The molecule has 0 bridgehead atoms. The molecule has 8 aromatic carbocycles. The fourth-order valence-electron chi connectivity index (χ4n) is 8.62. The van der Waals surface area contributed by atoms with E-state index >= 15 is 0 Å². The van der Waals surface area contributed by atoms with E-state index in [4.69, 9.17) is 4.42 Å². The Morgan fingerprint density at radius 1 is 0.473 bits per heavy atom. The average Bonchev–Trinajstić information content (AvgIpc) is 3.81. The molecule has 0 saturated carbocycles. The van der Waals surface area contributed by atoms with E-state index in [1.807, 2.05) is 12.1 Å². The zero-order valence-electron chi connectivity index (χ0n) is 30.1. The Bertz CT molecular complexity index is 3130. The van der Waals surface area contributed by atoms with Crippen LogP contribution >= 0.6 is 0 Å². The van der Waals surface area contributed by atoms with Gasteiger partial charge in [-0.2, -0.15) is 0 Å². The standard InChI is InChI=1S/C52H36N2O/c1-3-12-35(13-4-1)36-24-28-42(29-25-36)53(50-20-11-18-46-45-17-8-10-21-51(45)55-52(46)50)43-30-26-38-32-37(22-23-39(38)33-43)40-27-31-49-47(34-40)44-16-7-9-19-48(44)54(49)41-14-5-2-6-15-41/h1-14,16-34,41H,15H2. The van der Waals surface area contributed by atoms with Gasteiger partial charge in [-0.15, -0.1) is 0 Å². The van der Waals surface area contributed by atoms with E-state index in [1.54, 1.807) is 0 Å².